The lowest BCUT2D eigenvalue weighted by Gasteiger charge is -2.05. The summed E-state index contributed by atoms with van der Waals surface area (Å²) in [5, 5.41) is 4.61. The third kappa shape index (κ3) is 3.08. The van der Waals surface area contributed by atoms with Crippen molar-refractivity contribution in [1.29, 1.82) is 0 Å². The Bertz CT molecular complexity index is 811. The molecule has 0 aliphatic rings. The molecule has 0 radical (unpaired) electrons. The number of rotatable bonds is 5. The van der Waals surface area contributed by atoms with E-state index in [-0.39, 0.29) is 5.28 Å². The lowest BCUT2D eigenvalue weighted by molar-refractivity contribution is 0.980. The highest BCUT2D eigenvalue weighted by Gasteiger charge is 2.15. The van der Waals surface area contributed by atoms with Crippen LogP contribution in [0.5, 0.6) is 0 Å². The topological polar surface area (TPSA) is 76.7 Å². The van der Waals surface area contributed by atoms with E-state index in [4.69, 9.17) is 17.3 Å². The summed E-state index contributed by atoms with van der Waals surface area (Å²) in [4.78, 5) is 15.5. The summed E-state index contributed by atoms with van der Waals surface area (Å²) in [6, 6.07) is 0. The van der Waals surface area contributed by atoms with E-state index >= 15 is 0 Å². The molecule has 8 heteroatoms. The van der Waals surface area contributed by atoms with Crippen molar-refractivity contribution in [3.05, 3.63) is 31.8 Å². The van der Waals surface area contributed by atoms with E-state index < -0.39 is 0 Å². The van der Waals surface area contributed by atoms with Crippen molar-refractivity contribution in [1.82, 2.24) is 15.0 Å². The fourth-order valence-electron chi connectivity index (χ4n) is 2.24. The average molecular weight is 354 g/mol. The zero-order valence-corrected chi connectivity index (χ0v) is 14.7. The molecule has 3 N–H and O–H groups in total. The standard InChI is InChI=1S/C14H16ClN5S2/c1-7-5-17-10(21-7)6-18-13-12-11(19-14(15)20-13)8(2)9(22-12)3-4-16/h5H,3-4,6,16H2,1-2H3,(H,18,19,20). The number of nitrogens with one attached hydrogen (secondary N) is 1. The normalized spacial score (nSPS) is 11.3. The van der Waals surface area contributed by atoms with Crippen LogP contribution in [0.25, 0.3) is 10.2 Å². The Balaban J connectivity index is 1.95. The van der Waals surface area contributed by atoms with E-state index in [2.05, 4.69) is 27.2 Å². The molecule has 0 aliphatic heterocycles. The van der Waals surface area contributed by atoms with Gasteiger partial charge in [-0.15, -0.1) is 22.7 Å². The number of halogens is 1. The molecule has 0 unspecified atom stereocenters. The Morgan fingerprint density at radius 2 is 2.09 bits per heavy atom. The zero-order valence-electron chi connectivity index (χ0n) is 12.3. The first-order valence-electron chi connectivity index (χ1n) is 6.89. The minimum absolute atomic E-state index is 0.255. The number of anilines is 1. The van der Waals surface area contributed by atoms with E-state index in [1.165, 1.54) is 9.75 Å². The van der Waals surface area contributed by atoms with Gasteiger partial charge >= 0.3 is 0 Å². The van der Waals surface area contributed by atoms with Crippen LogP contribution in [0, 0.1) is 13.8 Å². The molecule has 0 saturated carbocycles. The van der Waals surface area contributed by atoms with E-state index in [0.29, 0.717) is 13.1 Å². The molecule has 3 heterocycles. The van der Waals surface area contributed by atoms with Gasteiger partial charge in [-0.3, -0.25) is 0 Å². The maximum atomic E-state index is 6.07. The first-order chi connectivity index (χ1) is 10.6. The molecule has 116 valence electrons. The van der Waals surface area contributed by atoms with Crippen LogP contribution >= 0.6 is 34.3 Å². The smallest absolute Gasteiger partial charge is 0.224 e. The first-order valence-corrected chi connectivity index (χ1v) is 8.90. The molecule has 0 bridgehead atoms. The minimum atomic E-state index is 0.255. The van der Waals surface area contributed by atoms with Gasteiger partial charge in [0.05, 0.1) is 16.8 Å². The summed E-state index contributed by atoms with van der Waals surface area (Å²) in [6.45, 7) is 5.35. The van der Waals surface area contributed by atoms with Crippen LogP contribution in [-0.4, -0.2) is 21.5 Å². The van der Waals surface area contributed by atoms with Gasteiger partial charge in [0.15, 0.2) is 0 Å². The quantitative estimate of drug-likeness (QED) is 0.686. The Morgan fingerprint density at radius 3 is 2.77 bits per heavy atom. The molecule has 3 aromatic rings. The maximum absolute atomic E-state index is 6.07. The van der Waals surface area contributed by atoms with Crippen molar-refractivity contribution in [2.75, 3.05) is 11.9 Å². The van der Waals surface area contributed by atoms with Crippen LogP contribution in [0.3, 0.4) is 0 Å². The number of fused-ring (bicyclic) bond motifs is 1. The molecule has 22 heavy (non-hydrogen) atoms. The van der Waals surface area contributed by atoms with Gasteiger partial charge in [0, 0.05) is 16.0 Å². The number of hydrogen-bond donors (Lipinski definition) is 2. The second kappa shape index (κ2) is 6.45. The monoisotopic (exact) mass is 353 g/mol. The van der Waals surface area contributed by atoms with Crippen LogP contribution in [0.2, 0.25) is 5.28 Å². The number of aryl methyl sites for hydroxylation is 2. The summed E-state index contributed by atoms with van der Waals surface area (Å²) < 4.78 is 1.03. The first kappa shape index (κ1) is 15.6. The molecule has 0 amide bonds. The number of nitrogens with zero attached hydrogens (tertiary/aromatic N) is 3. The Labute approximate surface area is 141 Å². The fourth-order valence-corrected chi connectivity index (χ4v) is 4.36. The van der Waals surface area contributed by atoms with Crippen molar-refractivity contribution in [2.45, 2.75) is 26.8 Å². The van der Waals surface area contributed by atoms with Gasteiger partial charge in [-0.25, -0.2) is 9.97 Å². The largest absolute Gasteiger partial charge is 0.362 e. The molecule has 0 spiro atoms. The summed E-state index contributed by atoms with van der Waals surface area (Å²) in [5.41, 5.74) is 7.73. The molecule has 0 fully saturated rings. The van der Waals surface area contributed by atoms with Crippen LogP contribution in [-0.2, 0) is 13.0 Å². The number of nitrogens with two attached hydrogens (primary N) is 1. The molecular formula is C14H16ClN5S2. The summed E-state index contributed by atoms with van der Waals surface area (Å²) in [5.74, 6) is 0.763. The number of hydrogen-bond acceptors (Lipinski definition) is 7. The summed E-state index contributed by atoms with van der Waals surface area (Å²) >= 11 is 9.42. The van der Waals surface area contributed by atoms with Gasteiger partial charge in [-0.1, -0.05) is 0 Å². The lowest BCUT2D eigenvalue weighted by atomic mass is 10.2. The van der Waals surface area contributed by atoms with Gasteiger partial charge in [0.2, 0.25) is 5.28 Å². The molecule has 0 atom stereocenters. The van der Waals surface area contributed by atoms with E-state index in [0.717, 1.165) is 33.0 Å². The van der Waals surface area contributed by atoms with Crippen LogP contribution in [0.15, 0.2) is 6.20 Å². The maximum Gasteiger partial charge on any atom is 0.224 e. The van der Waals surface area contributed by atoms with E-state index in [1.54, 1.807) is 22.7 Å². The third-order valence-corrected chi connectivity index (χ3v) is 5.71. The average Bonchev–Trinajstić information content (AvgIpc) is 3.03. The summed E-state index contributed by atoms with van der Waals surface area (Å²) in [6.07, 6.45) is 2.72. The second-order valence-electron chi connectivity index (χ2n) is 4.93. The van der Waals surface area contributed by atoms with Gasteiger partial charge in [0.1, 0.15) is 10.8 Å². The third-order valence-electron chi connectivity index (χ3n) is 3.28. The Kier molecular flexibility index (Phi) is 4.58. The van der Waals surface area contributed by atoms with Gasteiger partial charge in [-0.2, -0.15) is 4.98 Å². The molecule has 0 aliphatic carbocycles. The molecule has 0 aromatic carbocycles. The van der Waals surface area contributed by atoms with Crippen LogP contribution in [0.1, 0.15) is 20.3 Å². The molecule has 3 rings (SSSR count). The van der Waals surface area contributed by atoms with Crippen molar-refractivity contribution in [3.8, 4) is 0 Å². The summed E-state index contributed by atoms with van der Waals surface area (Å²) in [7, 11) is 0. The lowest BCUT2D eigenvalue weighted by Crippen LogP contribution is -2.02. The highest BCUT2D eigenvalue weighted by atomic mass is 35.5. The van der Waals surface area contributed by atoms with Gasteiger partial charge in [0.25, 0.3) is 0 Å². The van der Waals surface area contributed by atoms with Crippen LogP contribution < -0.4 is 11.1 Å². The van der Waals surface area contributed by atoms with Crippen molar-refractivity contribution in [2.24, 2.45) is 5.73 Å². The number of aromatic nitrogens is 3. The molecular weight excluding hydrogens is 338 g/mol. The second-order valence-corrected chi connectivity index (χ2v) is 7.69. The SMILES string of the molecule is Cc1cnc(CNc2nc(Cl)nc3c(C)c(CCN)sc23)s1. The highest BCUT2D eigenvalue weighted by Crippen LogP contribution is 2.35. The van der Waals surface area contributed by atoms with Crippen LogP contribution in [0.4, 0.5) is 5.82 Å². The van der Waals surface area contributed by atoms with E-state index in [9.17, 15) is 0 Å². The predicted molar refractivity (Wildman–Crippen MR) is 94.1 cm³/mol. The van der Waals surface area contributed by atoms with Crippen molar-refractivity contribution >= 4 is 50.3 Å². The number of thiophene rings is 1. The molecule has 5 nitrogen and oxygen atoms in total. The van der Waals surface area contributed by atoms with Gasteiger partial charge < -0.3 is 11.1 Å². The fraction of sp³-hybridized carbons (Fsp3) is 0.357. The van der Waals surface area contributed by atoms with E-state index in [1.807, 2.05) is 13.1 Å². The minimum Gasteiger partial charge on any atom is -0.362 e. The molecule has 0 saturated heterocycles. The van der Waals surface area contributed by atoms with Crippen molar-refractivity contribution < 1.29 is 0 Å². The highest BCUT2D eigenvalue weighted by molar-refractivity contribution is 7.19. The Hall–Kier alpha value is -1.28. The van der Waals surface area contributed by atoms with Gasteiger partial charge in [-0.05, 0) is 44.0 Å². The number of thiazole rings is 1. The van der Waals surface area contributed by atoms with Crippen molar-refractivity contribution in [3.63, 3.8) is 0 Å². The molecule has 3 aromatic heterocycles. The Morgan fingerprint density at radius 1 is 1.27 bits per heavy atom. The predicted octanol–water partition coefficient (Wildman–Crippen LogP) is 3.53. The zero-order chi connectivity index (χ0) is 15.7.